The first-order chi connectivity index (χ1) is 9.60. The third kappa shape index (κ3) is 3.95. The fraction of sp³-hybridized carbons (Fsp3) is 0.533. The van der Waals surface area contributed by atoms with E-state index in [-0.39, 0.29) is 11.8 Å². The molecule has 1 saturated heterocycles. The van der Waals surface area contributed by atoms with Gasteiger partial charge in [0.25, 0.3) is 0 Å². The van der Waals surface area contributed by atoms with Crippen LogP contribution in [0.15, 0.2) is 24.3 Å². The van der Waals surface area contributed by atoms with Crippen molar-refractivity contribution in [3.05, 3.63) is 34.9 Å². The zero-order valence-electron chi connectivity index (χ0n) is 11.9. The Bertz CT molecular complexity index is 458. The largest absolute Gasteiger partial charge is 0.340 e. The summed E-state index contributed by atoms with van der Waals surface area (Å²) in [4.78, 5) is 16.3. The molecule has 1 aromatic carbocycles. The molecular weight excluding hydrogens is 274 g/mol. The highest BCUT2D eigenvalue weighted by Crippen LogP contribution is 2.14. The predicted molar refractivity (Wildman–Crippen MR) is 81.5 cm³/mol. The predicted octanol–water partition coefficient (Wildman–Crippen LogP) is 1.58. The van der Waals surface area contributed by atoms with Crippen molar-refractivity contribution in [1.82, 2.24) is 9.80 Å². The molecule has 1 unspecified atom stereocenters. The number of rotatable bonds is 4. The van der Waals surface area contributed by atoms with Crippen LogP contribution < -0.4 is 5.73 Å². The van der Waals surface area contributed by atoms with Gasteiger partial charge in [-0.15, -0.1) is 0 Å². The van der Waals surface area contributed by atoms with Crippen LogP contribution in [0.1, 0.15) is 12.5 Å². The summed E-state index contributed by atoms with van der Waals surface area (Å²) in [6.45, 7) is 6.55. The number of carbonyl (C=O) groups excluding carboxylic acids is 1. The fourth-order valence-electron chi connectivity index (χ4n) is 2.43. The molecule has 0 bridgehead atoms. The maximum absolute atomic E-state index is 12.0. The summed E-state index contributed by atoms with van der Waals surface area (Å²) in [6.07, 6.45) is 0. The summed E-state index contributed by atoms with van der Waals surface area (Å²) in [5.41, 5.74) is 6.77. The first-order valence-corrected chi connectivity index (χ1v) is 7.43. The number of nitrogens with two attached hydrogens (primary N) is 1. The van der Waals surface area contributed by atoms with Gasteiger partial charge in [0, 0.05) is 50.2 Å². The second-order valence-electron chi connectivity index (χ2n) is 5.37. The average Bonchev–Trinajstić information content (AvgIpc) is 2.46. The van der Waals surface area contributed by atoms with Gasteiger partial charge in [0.1, 0.15) is 0 Å². The van der Waals surface area contributed by atoms with Crippen molar-refractivity contribution >= 4 is 17.5 Å². The average molecular weight is 296 g/mol. The molecule has 20 heavy (non-hydrogen) atoms. The normalized spacial score (nSPS) is 18.1. The Morgan fingerprint density at radius 2 is 2.05 bits per heavy atom. The van der Waals surface area contributed by atoms with Gasteiger partial charge in [-0.25, -0.2) is 0 Å². The van der Waals surface area contributed by atoms with Crippen LogP contribution in [-0.4, -0.2) is 48.4 Å². The molecular formula is C15H22ClN3O. The highest BCUT2D eigenvalue weighted by Gasteiger charge is 2.23. The zero-order chi connectivity index (χ0) is 14.5. The van der Waals surface area contributed by atoms with Crippen LogP contribution in [-0.2, 0) is 11.3 Å². The number of hydrogen-bond acceptors (Lipinski definition) is 3. The standard InChI is InChI=1S/C15H22ClN3O/c1-12(10-17)15(20)19-7-5-18(6-8-19)11-13-3-2-4-14(16)9-13/h2-4,9,12H,5-8,10-11,17H2,1H3. The van der Waals surface area contributed by atoms with Crippen LogP contribution in [0.4, 0.5) is 0 Å². The first kappa shape index (κ1) is 15.3. The smallest absolute Gasteiger partial charge is 0.226 e. The van der Waals surface area contributed by atoms with E-state index in [4.69, 9.17) is 17.3 Å². The van der Waals surface area contributed by atoms with E-state index in [9.17, 15) is 4.79 Å². The van der Waals surface area contributed by atoms with Crippen molar-refractivity contribution in [3.63, 3.8) is 0 Å². The van der Waals surface area contributed by atoms with Crippen LogP contribution in [0.25, 0.3) is 0 Å². The van der Waals surface area contributed by atoms with Crippen LogP contribution in [0, 0.1) is 5.92 Å². The molecule has 5 heteroatoms. The molecule has 0 aliphatic carbocycles. The quantitative estimate of drug-likeness (QED) is 0.917. The van der Waals surface area contributed by atoms with E-state index in [1.165, 1.54) is 5.56 Å². The van der Waals surface area contributed by atoms with Crippen LogP contribution in [0.2, 0.25) is 5.02 Å². The Balaban J connectivity index is 1.84. The lowest BCUT2D eigenvalue weighted by molar-refractivity contribution is -0.136. The molecule has 0 saturated carbocycles. The zero-order valence-corrected chi connectivity index (χ0v) is 12.6. The highest BCUT2D eigenvalue weighted by molar-refractivity contribution is 6.30. The minimum atomic E-state index is -0.0746. The van der Waals surface area contributed by atoms with Gasteiger partial charge in [-0.3, -0.25) is 9.69 Å². The second kappa shape index (κ2) is 7.07. The van der Waals surface area contributed by atoms with Crippen LogP contribution >= 0.6 is 11.6 Å². The molecule has 0 radical (unpaired) electrons. The Morgan fingerprint density at radius 1 is 1.35 bits per heavy atom. The lowest BCUT2D eigenvalue weighted by Crippen LogP contribution is -2.50. The molecule has 1 amide bonds. The summed E-state index contributed by atoms with van der Waals surface area (Å²) in [5, 5.41) is 0.771. The Morgan fingerprint density at radius 3 is 2.65 bits per heavy atom. The van der Waals surface area contributed by atoms with Crippen LogP contribution in [0.3, 0.4) is 0 Å². The van der Waals surface area contributed by atoms with Crippen molar-refractivity contribution in [2.24, 2.45) is 11.7 Å². The van der Waals surface area contributed by atoms with Gasteiger partial charge in [-0.2, -0.15) is 0 Å². The number of nitrogens with zero attached hydrogens (tertiary/aromatic N) is 2. The third-order valence-corrected chi connectivity index (χ3v) is 3.99. The van der Waals surface area contributed by atoms with Crippen molar-refractivity contribution < 1.29 is 4.79 Å². The highest BCUT2D eigenvalue weighted by atomic mass is 35.5. The molecule has 1 heterocycles. The van der Waals surface area contributed by atoms with Crippen molar-refractivity contribution in [2.75, 3.05) is 32.7 Å². The number of hydrogen-bond donors (Lipinski definition) is 1. The van der Waals surface area contributed by atoms with Crippen molar-refractivity contribution in [3.8, 4) is 0 Å². The summed E-state index contributed by atoms with van der Waals surface area (Å²) in [7, 11) is 0. The number of carbonyl (C=O) groups is 1. The van der Waals surface area contributed by atoms with Gasteiger partial charge in [0.15, 0.2) is 0 Å². The number of benzene rings is 1. The third-order valence-electron chi connectivity index (χ3n) is 3.75. The SMILES string of the molecule is CC(CN)C(=O)N1CCN(Cc2cccc(Cl)c2)CC1. The number of amides is 1. The second-order valence-corrected chi connectivity index (χ2v) is 5.80. The molecule has 0 aromatic heterocycles. The summed E-state index contributed by atoms with van der Waals surface area (Å²) in [6, 6.07) is 7.94. The monoisotopic (exact) mass is 295 g/mol. The molecule has 1 atom stereocenters. The van der Waals surface area contributed by atoms with E-state index >= 15 is 0 Å². The van der Waals surface area contributed by atoms with Gasteiger partial charge in [0.05, 0.1) is 0 Å². The summed E-state index contributed by atoms with van der Waals surface area (Å²) >= 11 is 5.99. The van der Waals surface area contributed by atoms with E-state index < -0.39 is 0 Å². The molecule has 0 spiro atoms. The van der Waals surface area contributed by atoms with E-state index in [1.807, 2.05) is 30.0 Å². The summed E-state index contributed by atoms with van der Waals surface area (Å²) in [5.74, 6) is 0.101. The Hall–Kier alpha value is -1.10. The van der Waals surface area contributed by atoms with Gasteiger partial charge in [-0.05, 0) is 17.7 Å². The van der Waals surface area contributed by atoms with Gasteiger partial charge in [0.2, 0.25) is 5.91 Å². The van der Waals surface area contributed by atoms with E-state index in [0.717, 1.165) is 37.7 Å². The minimum absolute atomic E-state index is 0.0746. The number of piperazine rings is 1. The Labute approximate surface area is 125 Å². The minimum Gasteiger partial charge on any atom is -0.340 e. The number of halogens is 1. The molecule has 1 aliphatic heterocycles. The fourth-order valence-corrected chi connectivity index (χ4v) is 2.65. The molecule has 4 nitrogen and oxygen atoms in total. The molecule has 2 rings (SSSR count). The maximum atomic E-state index is 12.0. The van der Waals surface area contributed by atoms with E-state index in [1.54, 1.807) is 0 Å². The topological polar surface area (TPSA) is 49.6 Å². The lowest BCUT2D eigenvalue weighted by Gasteiger charge is -2.35. The van der Waals surface area contributed by atoms with E-state index in [2.05, 4.69) is 11.0 Å². The van der Waals surface area contributed by atoms with E-state index in [0.29, 0.717) is 6.54 Å². The van der Waals surface area contributed by atoms with Gasteiger partial charge >= 0.3 is 0 Å². The maximum Gasteiger partial charge on any atom is 0.226 e. The molecule has 2 N–H and O–H groups in total. The van der Waals surface area contributed by atoms with Gasteiger partial charge in [-0.1, -0.05) is 30.7 Å². The summed E-state index contributed by atoms with van der Waals surface area (Å²) < 4.78 is 0. The lowest BCUT2D eigenvalue weighted by atomic mass is 10.1. The first-order valence-electron chi connectivity index (χ1n) is 7.06. The Kier molecular flexibility index (Phi) is 5.40. The van der Waals surface area contributed by atoms with Crippen molar-refractivity contribution in [1.29, 1.82) is 0 Å². The van der Waals surface area contributed by atoms with Crippen molar-refractivity contribution in [2.45, 2.75) is 13.5 Å². The van der Waals surface area contributed by atoms with Crippen LogP contribution in [0.5, 0.6) is 0 Å². The molecule has 110 valence electrons. The molecule has 1 aliphatic rings. The van der Waals surface area contributed by atoms with Gasteiger partial charge < -0.3 is 10.6 Å². The molecule has 1 fully saturated rings. The molecule has 1 aromatic rings.